The topological polar surface area (TPSA) is 3.24 Å². The van der Waals surface area contributed by atoms with Gasteiger partial charge in [0.2, 0.25) is 0 Å². The molecule has 0 aliphatic heterocycles. The highest BCUT2D eigenvalue weighted by Gasteiger charge is 2.51. The van der Waals surface area contributed by atoms with Crippen LogP contribution in [0.1, 0.15) is 72.2 Å². The molecule has 0 saturated heterocycles. The van der Waals surface area contributed by atoms with E-state index in [1.165, 1.54) is 117 Å². The Morgan fingerprint density at radius 1 is 0.273 bits per heavy atom. The fourth-order valence-electron chi connectivity index (χ4n) is 13.1. The van der Waals surface area contributed by atoms with Crippen molar-refractivity contribution in [2.75, 3.05) is 4.90 Å². The second kappa shape index (κ2) is 13.2. The van der Waals surface area contributed by atoms with Crippen LogP contribution < -0.4 is 4.90 Å². The summed E-state index contributed by atoms with van der Waals surface area (Å²) in [5.74, 6) is 0. The van der Waals surface area contributed by atoms with Gasteiger partial charge >= 0.3 is 0 Å². The van der Waals surface area contributed by atoms with Crippen LogP contribution in [0.3, 0.4) is 0 Å². The van der Waals surface area contributed by atoms with E-state index in [1.807, 2.05) is 0 Å². The summed E-state index contributed by atoms with van der Waals surface area (Å²) in [5, 5.41) is 2.45. The van der Waals surface area contributed by atoms with Crippen molar-refractivity contribution in [2.24, 2.45) is 0 Å². The minimum atomic E-state index is -0.399. The van der Waals surface area contributed by atoms with Crippen molar-refractivity contribution in [1.82, 2.24) is 0 Å². The summed E-state index contributed by atoms with van der Waals surface area (Å²) in [7, 11) is 0. The first kappa shape index (κ1) is 37.6. The molecule has 4 aliphatic carbocycles. The Balaban J connectivity index is 0.982. The van der Waals surface area contributed by atoms with Gasteiger partial charge in [-0.3, -0.25) is 0 Å². The molecule has 10 aromatic carbocycles. The van der Waals surface area contributed by atoms with Gasteiger partial charge in [0, 0.05) is 27.6 Å². The molecule has 0 unspecified atom stereocenters. The number of hydrogen-bond acceptors (Lipinski definition) is 1. The summed E-state index contributed by atoms with van der Waals surface area (Å²) in [6, 6.07) is 80.7. The Morgan fingerprint density at radius 3 is 1.14 bits per heavy atom. The molecule has 1 nitrogen and oxygen atoms in total. The zero-order valence-corrected chi connectivity index (χ0v) is 37.7. The van der Waals surface area contributed by atoms with Crippen molar-refractivity contribution >= 4 is 27.8 Å². The third-order valence-corrected chi connectivity index (χ3v) is 16.1. The normalized spacial score (nSPS) is 15.3. The molecule has 0 saturated carbocycles. The van der Waals surface area contributed by atoms with E-state index in [4.69, 9.17) is 0 Å². The van der Waals surface area contributed by atoms with Crippen molar-refractivity contribution in [1.29, 1.82) is 0 Å². The van der Waals surface area contributed by atoms with E-state index in [1.54, 1.807) is 0 Å². The van der Waals surface area contributed by atoms with Gasteiger partial charge in [0.15, 0.2) is 0 Å². The van der Waals surface area contributed by atoms with Gasteiger partial charge in [0.25, 0.3) is 0 Å². The lowest BCUT2D eigenvalue weighted by atomic mass is 9.70. The molecule has 0 fully saturated rings. The lowest BCUT2D eigenvalue weighted by molar-refractivity contribution is 0.660. The maximum absolute atomic E-state index is 2.53. The molecule has 0 radical (unpaired) electrons. The highest BCUT2D eigenvalue weighted by molar-refractivity contribution is 6.07. The summed E-state index contributed by atoms with van der Waals surface area (Å²) < 4.78 is 0. The smallest absolute Gasteiger partial charge is 0.0725 e. The fourth-order valence-corrected chi connectivity index (χ4v) is 13.1. The Kier molecular flexibility index (Phi) is 7.51. The predicted molar refractivity (Wildman–Crippen MR) is 275 cm³/mol. The zero-order valence-electron chi connectivity index (χ0n) is 37.7. The molecule has 0 amide bonds. The quantitative estimate of drug-likeness (QED) is 0.171. The van der Waals surface area contributed by atoms with E-state index in [0.717, 1.165) is 11.4 Å². The van der Waals surface area contributed by atoms with Crippen LogP contribution >= 0.6 is 0 Å². The van der Waals surface area contributed by atoms with Crippen LogP contribution in [-0.4, -0.2) is 0 Å². The number of nitrogens with zero attached hydrogens (tertiary/aromatic N) is 1. The van der Waals surface area contributed by atoms with Crippen LogP contribution in [0.2, 0.25) is 0 Å². The summed E-state index contributed by atoms with van der Waals surface area (Å²) in [6.45, 7) is 9.53. The third kappa shape index (κ3) is 4.75. The first-order chi connectivity index (χ1) is 32.3. The van der Waals surface area contributed by atoms with E-state index >= 15 is 0 Å². The molecule has 0 atom stereocenters. The van der Waals surface area contributed by atoms with Crippen molar-refractivity contribution in [3.63, 3.8) is 0 Å². The molecule has 66 heavy (non-hydrogen) atoms. The van der Waals surface area contributed by atoms with Gasteiger partial charge in [-0.2, -0.15) is 0 Å². The van der Waals surface area contributed by atoms with Crippen molar-refractivity contribution in [2.45, 2.75) is 43.9 Å². The number of rotatable bonds is 4. The largest absolute Gasteiger partial charge is 0.310 e. The molecule has 10 aromatic rings. The standard InChI is InChI=1S/C65H47N/c1-63(2)54-24-12-7-18-45(54)50-33-30-41(38-59(50)63)66(42-31-34-51-46-19-8-13-25-55(46)64(3,4)60(51)39-42)62-36-35-43(44-17-5-6-23-53(44)62)40-29-32-52-49-22-11-16-28-58(49)65(61(52)37-40)56-26-14-9-20-47(56)48-21-10-15-27-57(48)65/h5-39H,1-4H3. The second-order valence-corrected chi connectivity index (χ2v) is 20.0. The van der Waals surface area contributed by atoms with Crippen molar-refractivity contribution < 1.29 is 0 Å². The van der Waals surface area contributed by atoms with Crippen LogP contribution in [0.15, 0.2) is 212 Å². The predicted octanol–water partition coefficient (Wildman–Crippen LogP) is 16.9. The first-order valence-electron chi connectivity index (χ1n) is 23.5. The Labute approximate surface area is 387 Å². The Morgan fingerprint density at radius 2 is 0.636 bits per heavy atom. The van der Waals surface area contributed by atoms with Gasteiger partial charge in [-0.15, -0.1) is 0 Å². The van der Waals surface area contributed by atoms with Gasteiger partial charge in [-0.25, -0.2) is 0 Å². The summed E-state index contributed by atoms with van der Waals surface area (Å²) in [6.07, 6.45) is 0. The molecule has 0 bridgehead atoms. The molecular weight excluding hydrogens is 795 g/mol. The van der Waals surface area contributed by atoms with Crippen LogP contribution in [0.25, 0.3) is 66.4 Å². The van der Waals surface area contributed by atoms with E-state index < -0.39 is 5.41 Å². The minimum absolute atomic E-state index is 0.133. The maximum atomic E-state index is 2.53. The van der Waals surface area contributed by atoms with Crippen molar-refractivity contribution in [3.05, 3.63) is 257 Å². The van der Waals surface area contributed by atoms with Gasteiger partial charge in [0.1, 0.15) is 0 Å². The average molecular weight is 842 g/mol. The third-order valence-electron chi connectivity index (χ3n) is 16.1. The molecule has 14 rings (SSSR count). The summed E-state index contributed by atoms with van der Waals surface area (Å²) >= 11 is 0. The molecule has 4 aliphatic rings. The van der Waals surface area contributed by atoms with E-state index in [2.05, 4.69) is 245 Å². The Bertz CT molecular complexity index is 3560. The van der Waals surface area contributed by atoms with Crippen LogP contribution in [0.5, 0.6) is 0 Å². The van der Waals surface area contributed by atoms with Crippen molar-refractivity contribution in [3.8, 4) is 55.6 Å². The van der Waals surface area contributed by atoms with Gasteiger partial charge < -0.3 is 4.90 Å². The molecule has 1 heteroatoms. The number of fused-ring (bicyclic) bond motifs is 17. The monoisotopic (exact) mass is 841 g/mol. The highest BCUT2D eigenvalue weighted by atomic mass is 15.1. The summed E-state index contributed by atoms with van der Waals surface area (Å²) in [4.78, 5) is 2.53. The molecule has 0 heterocycles. The lowest BCUT2D eigenvalue weighted by Gasteiger charge is -2.31. The molecule has 0 N–H and O–H groups in total. The minimum Gasteiger partial charge on any atom is -0.310 e. The van der Waals surface area contributed by atoms with Crippen LogP contribution in [0, 0.1) is 0 Å². The second-order valence-electron chi connectivity index (χ2n) is 20.0. The molecule has 0 aromatic heterocycles. The lowest BCUT2D eigenvalue weighted by Crippen LogP contribution is -2.25. The average Bonchev–Trinajstić information content (AvgIpc) is 3.99. The fraction of sp³-hybridized carbons (Fsp3) is 0.108. The SMILES string of the molecule is CC1(C)c2ccccc2-c2ccc(N(c3ccc4c(c3)C(C)(C)c3ccccc3-4)c3ccc(-c4ccc5c(c4)C4(c6ccccc6-c6ccccc64)c4ccccc4-5)c4ccccc34)cc21. The maximum Gasteiger partial charge on any atom is 0.0725 e. The van der Waals surface area contributed by atoms with Gasteiger partial charge in [0.05, 0.1) is 11.1 Å². The molecular formula is C65H47N. The van der Waals surface area contributed by atoms with E-state index in [0.29, 0.717) is 0 Å². The molecule has 1 spiro atoms. The first-order valence-corrected chi connectivity index (χ1v) is 23.5. The highest BCUT2D eigenvalue weighted by Crippen LogP contribution is 2.63. The van der Waals surface area contributed by atoms with Gasteiger partial charge in [-0.1, -0.05) is 204 Å². The zero-order chi connectivity index (χ0) is 44.1. The van der Waals surface area contributed by atoms with Crippen LogP contribution in [0.4, 0.5) is 17.1 Å². The number of hydrogen-bond donors (Lipinski definition) is 0. The molecule has 312 valence electrons. The van der Waals surface area contributed by atoms with Crippen LogP contribution in [-0.2, 0) is 16.2 Å². The van der Waals surface area contributed by atoms with E-state index in [9.17, 15) is 0 Å². The van der Waals surface area contributed by atoms with E-state index in [-0.39, 0.29) is 10.8 Å². The summed E-state index contributed by atoms with van der Waals surface area (Å²) in [5.41, 5.74) is 26.9. The number of benzene rings is 10. The van der Waals surface area contributed by atoms with Gasteiger partial charge in [-0.05, 0) is 142 Å². The number of anilines is 3. The Hall–Kier alpha value is -7.74.